The number of hydrogen-bond donors (Lipinski definition) is 2. The summed E-state index contributed by atoms with van der Waals surface area (Å²) in [5, 5.41) is 29.9. The molecule has 0 atom stereocenters. The second-order valence-electron chi connectivity index (χ2n) is 6.14. The number of ether oxygens (including phenoxy) is 1. The van der Waals surface area contributed by atoms with E-state index in [4.69, 9.17) is 4.74 Å². The van der Waals surface area contributed by atoms with Crippen molar-refractivity contribution in [1.29, 1.82) is 5.26 Å². The van der Waals surface area contributed by atoms with Gasteiger partial charge in [-0.15, -0.1) is 0 Å². The van der Waals surface area contributed by atoms with Gasteiger partial charge in [0.05, 0.1) is 10.6 Å². The van der Waals surface area contributed by atoms with Gasteiger partial charge in [0.15, 0.2) is 16.4 Å². The molecule has 0 aliphatic heterocycles. The summed E-state index contributed by atoms with van der Waals surface area (Å²) < 4.78 is 33.6. The molecule has 0 amide bonds. The molecule has 0 saturated carbocycles. The fraction of sp³-hybridized carbons (Fsp3) is 0. The summed E-state index contributed by atoms with van der Waals surface area (Å²) in [7, 11) is -4.34. The van der Waals surface area contributed by atoms with Gasteiger partial charge < -0.3 is 9.84 Å². The van der Waals surface area contributed by atoms with Gasteiger partial charge in [-0.25, -0.2) is 8.42 Å². The van der Waals surface area contributed by atoms with E-state index in [0.29, 0.717) is 5.75 Å². The maximum Gasteiger partial charge on any atom is 0.311 e. The Balaban J connectivity index is 1.93. The number of nitrogens with zero attached hydrogens (tertiary/aromatic N) is 2. The molecule has 2 N–H and O–H groups in total. The lowest BCUT2D eigenvalue weighted by Crippen LogP contribution is -2.14. The van der Waals surface area contributed by atoms with E-state index in [1.165, 1.54) is 12.1 Å². The Hall–Kier alpha value is -4.36. The van der Waals surface area contributed by atoms with Crippen molar-refractivity contribution in [1.82, 2.24) is 0 Å². The highest BCUT2D eigenvalue weighted by molar-refractivity contribution is 7.97. The Labute approximate surface area is 177 Å². The maximum absolute atomic E-state index is 12.8. The summed E-state index contributed by atoms with van der Waals surface area (Å²) in [6.45, 7) is 0. The number of aromatic hydroxyl groups is 1. The number of allylic oxidation sites excluding steroid dienone is 1. The van der Waals surface area contributed by atoms with Crippen LogP contribution < -0.4 is 9.46 Å². The van der Waals surface area contributed by atoms with Crippen molar-refractivity contribution in [2.75, 3.05) is 4.72 Å². The van der Waals surface area contributed by atoms with E-state index >= 15 is 0 Å². The smallest absolute Gasteiger partial charge is 0.311 e. The Morgan fingerprint density at radius 2 is 1.77 bits per heavy atom. The predicted octanol–water partition coefficient (Wildman–Crippen LogP) is 4.40. The molecule has 3 aromatic rings. The number of nitrogens with one attached hydrogen (secondary N) is 1. The zero-order valence-corrected chi connectivity index (χ0v) is 16.6. The van der Waals surface area contributed by atoms with Crippen LogP contribution in [0.3, 0.4) is 0 Å². The molecule has 9 nitrogen and oxygen atoms in total. The minimum Gasteiger partial charge on any atom is -0.502 e. The lowest BCUT2D eigenvalue weighted by molar-refractivity contribution is -0.385. The summed E-state index contributed by atoms with van der Waals surface area (Å²) in [5.74, 6) is 0.130. The Morgan fingerprint density at radius 1 is 1.10 bits per heavy atom. The standard InChI is InChI=1S/C21H15N3O6S/c22-14-17(12-15-10-11-20(25)19(13-15)24(26)27)31(28,29)23-18-8-4-5-9-21(18)30-16-6-2-1-3-7-16/h1-13,23,25H/b17-12+. The third-order valence-electron chi connectivity index (χ3n) is 4.00. The number of rotatable bonds is 7. The van der Waals surface area contributed by atoms with Gasteiger partial charge in [-0.05, 0) is 42.0 Å². The van der Waals surface area contributed by atoms with Crippen molar-refractivity contribution in [3.63, 3.8) is 0 Å². The van der Waals surface area contributed by atoms with E-state index in [0.717, 1.165) is 18.2 Å². The van der Waals surface area contributed by atoms with Crippen LogP contribution in [-0.2, 0) is 10.0 Å². The van der Waals surface area contributed by atoms with E-state index in [2.05, 4.69) is 4.72 Å². The van der Waals surface area contributed by atoms with E-state index < -0.39 is 31.3 Å². The molecule has 0 aromatic heterocycles. The second kappa shape index (κ2) is 8.98. The Bertz CT molecular complexity index is 1300. The molecule has 0 saturated heterocycles. The third kappa shape index (κ3) is 5.17. The van der Waals surface area contributed by atoms with Crippen molar-refractivity contribution in [2.24, 2.45) is 0 Å². The van der Waals surface area contributed by atoms with Crippen LogP contribution in [-0.4, -0.2) is 18.4 Å². The number of anilines is 1. The number of para-hydroxylation sites is 3. The van der Waals surface area contributed by atoms with Crippen LogP contribution in [0.25, 0.3) is 6.08 Å². The molecular weight excluding hydrogens is 422 g/mol. The maximum atomic E-state index is 12.8. The lowest BCUT2D eigenvalue weighted by Gasteiger charge is -2.13. The first-order chi connectivity index (χ1) is 14.8. The van der Waals surface area contributed by atoms with Crippen molar-refractivity contribution < 1.29 is 23.2 Å². The monoisotopic (exact) mass is 437 g/mol. The van der Waals surface area contributed by atoms with Gasteiger partial charge in [0, 0.05) is 6.07 Å². The van der Waals surface area contributed by atoms with Crippen molar-refractivity contribution in [3.8, 4) is 23.3 Å². The highest BCUT2D eigenvalue weighted by Gasteiger charge is 2.21. The van der Waals surface area contributed by atoms with Crippen LogP contribution in [0.5, 0.6) is 17.2 Å². The van der Waals surface area contributed by atoms with Gasteiger partial charge in [0.25, 0.3) is 10.0 Å². The molecule has 3 rings (SSSR count). The van der Waals surface area contributed by atoms with Gasteiger partial charge in [-0.3, -0.25) is 14.8 Å². The Morgan fingerprint density at radius 3 is 2.45 bits per heavy atom. The number of phenolic OH excluding ortho intramolecular Hbond substituents is 1. The van der Waals surface area contributed by atoms with E-state index in [1.807, 2.05) is 0 Å². The normalized spacial score (nSPS) is 11.4. The fourth-order valence-electron chi connectivity index (χ4n) is 2.55. The molecule has 10 heteroatoms. The summed E-state index contributed by atoms with van der Waals surface area (Å²) in [5.41, 5.74) is -0.456. The van der Waals surface area contributed by atoms with Gasteiger partial charge in [0.1, 0.15) is 11.8 Å². The average molecular weight is 437 g/mol. The van der Waals surface area contributed by atoms with Gasteiger partial charge in [-0.2, -0.15) is 5.26 Å². The highest BCUT2D eigenvalue weighted by atomic mass is 32.2. The van der Waals surface area contributed by atoms with Crippen molar-refractivity contribution >= 4 is 27.5 Å². The summed E-state index contributed by atoms with van der Waals surface area (Å²) in [6.07, 6.45) is 0.968. The van der Waals surface area contributed by atoms with Crippen LogP contribution in [0.4, 0.5) is 11.4 Å². The topological polar surface area (TPSA) is 143 Å². The fourth-order valence-corrected chi connectivity index (χ4v) is 3.53. The number of nitro groups is 1. The van der Waals surface area contributed by atoms with Crippen LogP contribution in [0.2, 0.25) is 0 Å². The van der Waals surface area contributed by atoms with Crippen LogP contribution in [0.1, 0.15) is 5.56 Å². The molecule has 0 bridgehead atoms. The molecular formula is C21H15N3O6S. The predicted molar refractivity (Wildman–Crippen MR) is 114 cm³/mol. The SMILES string of the molecule is N#C/C(=C\c1ccc(O)c([N+](=O)[O-])c1)S(=O)(=O)Nc1ccccc1Oc1ccccc1. The second-order valence-corrected chi connectivity index (χ2v) is 7.79. The summed E-state index contributed by atoms with van der Waals surface area (Å²) >= 11 is 0. The van der Waals surface area contributed by atoms with Crippen LogP contribution in [0.15, 0.2) is 77.7 Å². The number of nitro benzene ring substituents is 1. The van der Waals surface area contributed by atoms with Crippen molar-refractivity contribution in [2.45, 2.75) is 0 Å². The largest absolute Gasteiger partial charge is 0.502 e. The number of phenols is 1. The molecule has 31 heavy (non-hydrogen) atoms. The van der Waals surface area contributed by atoms with Gasteiger partial charge in [0.2, 0.25) is 0 Å². The molecule has 156 valence electrons. The lowest BCUT2D eigenvalue weighted by atomic mass is 10.2. The minimum atomic E-state index is -4.34. The zero-order valence-electron chi connectivity index (χ0n) is 15.8. The number of nitriles is 1. The molecule has 3 aromatic carbocycles. The average Bonchev–Trinajstić information content (AvgIpc) is 2.74. The van der Waals surface area contributed by atoms with E-state index in [9.17, 15) is 28.9 Å². The number of hydrogen-bond acceptors (Lipinski definition) is 7. The Kier molecular flexibility index (Phi) is 6.18. The number of sulfonamides is 1. The van der Waals surface area contributed by atoms with Gasteiger partial charge >= 0.3 is 5.69 Å². The molecule has 0 spiro atoms. The molecule has 0 fully saturated rings. The van der Waals surface area contributed by atoms with Crippen LogP contribution in [0, 0.1) is 21.4 Å². The summed E-state index contributed by atoms with van der Waals surface area (Å²) in [6, 6.07) is 19.8. The van der Waals surface area contributed by atoms with E-state index in [1.54, 1.807) is 54.6 Å². The molecule has 0 unspecified atom stereocenters. The first kappa shape index (κ1) is 21.4. The molecule has 0 heterocycles. The number of benzene rings is 3. The molecule has 0 aliphatic carbocycles. The summed E-state index contributed by atoms with van der Waals surface area (Å²) in [4.78, 5) is 9.47. The molecule has 0 aliphatic rings. The highest BCUT2D eigenvalue weighted by Crippen LogP contribution is 2.31. The first-order valence-electron chi connectivity index (χ1n) is 8.74. The first-order valence-corrected chi connectivity index (χ1v) is 10.2. The van der Waals surface area contributed by atoms with E-state index in [-0.39, 0.29) is 17.0 Å². The molecule has 0 radical (unpaired) electrons. The van der Waals surface area contributed by atoms with Crippen molar-refractivity contribution in [3.05, 3.63) is 93.4 Å². The zero-order chi connectivity index (χ0) is 22.4. The minimum absolute atomic E-state index is 0.0558. The van der Waals surface area contributed by atoms with Crippen LogP contribution >= 0.6 is 0 Å². The van der Waals surface area contributed by atoms with Gasteiger partial charge in [-0.1, -0.05) is 36.4 Å². The third-order valence-corrected chi connectivity index (χ3v) is 5.27. The quantitative estimate of drug-likeness (QED) is 0.317.